The van der Waals surface area contributed by atoms with Gasteiger partial charge in [-0.15, -0.1) is 0 Å². The lowest BCUT2D eigenvalue weighted by Crippen LogP contribution is -2.16. The van der Waals surface area contributed by atoms with Crippen molar-refractivity contribution in [3.8, 4) is 5.75 Å². The van der Waals surface area contributed by atoms with E-state index < -0.39 is 0 Å². The average molecular weight is 275 g/mol. The van der Waals surface area contributed by atoms with Gasteiger partial charge in [-0.1, -0.05) is 19.1 Å². The average Bonchev–Trinajstić information content (AvgIpc) is 2.42. The lowest BCUT2D eigenvalue weighted by molar-refractivity contribution is 0.557. The normalized spacial score (nSPS) is 10.0. The summed E-state index contributed by atoms with van der Waals surface area (Å²) >= 11 is 5.09. The molecule has 0 unspecified atom stereocenters. The summed E-state index contributed by atoms with van der Waals surface area (Å²) in [6.07, 6.45) is 0.997. The topological polar surface area (TPSA) is 21.3 Å². The fourth-order valence-electron chi connectivity index (χ4n) is 1.58. The van der Waals surface area contributed by atoms with Crippen molar-refractivity contribution in [1.82, 2.24) is 0 Å². The number of thiocarbonyl (C=S) groups is 1. The van der Waals surface area contributed by atoms with Gasteiger partial charge in [0.25, 0.3) is 5.17 Å². The molecule has 1 N–H and O–H groups in total. The molecule has 2 aromatic rings. The van der Waals surface area contributed by atoms with Crippen molar-refractivity contribution >= 4 is 23.1 Å². The first kappa shape index (κ1) is 13.5. The van der Waals surface area contributed by atoms with Crippen LogP contribution in [0.25, 0.3) is 0 Å². The van der Waals surface area contributed by atoms with E-state index in [1.807, 2.05) is 24.3 Å². The summed E-state index contributed by atoms with van der Waals surface area (Å²) in [5, 5.41) is 3.20. The van der Waals surface area contributed by atoms with Gasteiger partial charge in [0, 0.05) is 5.69 Å². The Morgan fingerprint density at radius 2 is 1.74 bits per heavy atom. The van der Waals surface area contributed by atoms with Crippen molar-refractivity contribution < 1.29 is 9.13 Å². The minimum atomic E-state index is -0.304. The summed E-state index contributed by atoms with van der Waals surface area (Å²) in [5.41, 5.74) is 2.13. The predicted molar refractivity (Wildman–Crippen MR) is 79.1 cm³/mol. The molecule has 2 rings (SSSR count). The molecule has 0 fully saturated rings. The van der Waals surface area contributed by atoms with Crippen LogP contribution < -0.4 is 10.1 Å². The number of hydrogen-bond acceptors (Lipinski definition) is 2. The number of aryl methyl sites for hydroxylation is 1. The molecule has 0 aliphatic heterocycles. The Labute approximate surface area is 117 Å². The fourth-order valence-corrected chi connectivity index (χ4v) is 1.79. The first-order chi connectivity index (χ1) is 9.17. The molecule has 0 aromatic heterocycles. The van der Waals surface area contributed by atoms with Crippen LogP contribution in [0.15, 0.2) is 48.5 Å². The third-order valence-corrected chi connectivity index (χ3v) is 2.82. The van der Waals surface area contributed by atoms with Crippen molar-refractivity contribution in [1.29, 1.82) is 0 Å². The summed E-state index contributed by atoms with van der Waals surface area (Å²) in [5.74, 6) is 0.200. The molecule has 0 aliphatic carbocycles. The van der Waals surface area contributed by atoms with E-state index >= 15 is 0 Å². The van der Waals surface area contributed by atoms with Crippen LogP contribution in [-0.4, -0.2) is 5.17 Å². The van der Waals surface area contributed by atoms with Gasteiger partial charge in [0.2, 0.25) is 0 Å². The zero-order valence-electron chi connectivity index (χ0n) is 10.5. The van der Waals surface area contributed by atoms with E-state index in [1.54, 1.807) is 0 Å². The van der Waals surface area contributed by atoms with Crippen LogP contribution in [0.2, 0.25) is 0 Å². The van der Waals surface area contributed by atoms with Crippen molar-refractivity contribution in [2.45, 2.75) is 13.3 Å². The minimum absolute atomic E-state index is 0.232. The molecule has 2 nitrogen and oxygen atoms in total. The van der Waals surface area contributed by atoms with Crippen molar-refractivity contribution in [3.05, 3.63) is 59.9 Å². The number of rotatable bonds is 3. The van der Waals surface area contributed by atoms with Gasteiger partial charge >= 0.3 is 0 Å². The van der Waals surface area contributed by atoms with Gasteiger partial charge in [0.15, 0.2) is 0 Å². The fraction of sp³-hybridized carbons (Fsp3) is 0.133. The van der Waals surface area contributed by atoms with Crippen LogP contribution in [-0.2, 0) is 6.42 Å². The van der Waals surface area contributed by atoms with Crippen LogP contribution in [0.3, 0.4) is 0 Å². The number of anilines is 1. The number of benzene rings is 2. The van der Waals surface area contributed by atoms with E-state index in [-0.39, 0.29) is 11.0 Å². The zero-order valence-corrected chi connectivity index (χ0v) is 11.3. The summed E-state index contributed by atoms with van der Waals surface area (Å²) in [6.45, 7) is 2.10. The predicted octanol–water partition coefficient (Wildman–Crippen LogP) is 4.16. The molecule has 98 valence electrons. The maximum Gasteiger partial charge on any atom is 0.266 e. The lowest BCUT2D eigenvalue weighted by Gasteiger charge is -2.09. The number of halogens is 1. The molecule has 19 heavy (non-hydrogen) atoms. The molecular weight excluding hydrogens is 261 g/mol. The van der Waals surface area contributed by atoms with Crippen LogP contribution in [0.4, 0.5) is 10.1 Å². The van der Waals surface area contributed by atoms with Gasteiger partial charge in [-0.3, -0.25) is 0 Å². The number of hydrogen-bond donors (Lipinski definition) is 1. The Morgan fingerprint density at radius 1 is 1.11 bits per heavy atom. The second-order valence-electron chi connectivity index (χ2n) is 4.02. The summed E-state index contributed by atoms with van der Waals surface area (Å²) in [7, 11) is 0. The molecule has 4 heteroatoms. The number of ether oxygens (including phenoxy) is 1. The first-order valence-electron chi connectivity index (χ1n) is 6.00. The Morgan fingerprint density at radius 3 is 2.32 bits per heavy atom. The highest BCUT2D eigenvalue weighted by Gasteiger charge is 2.01. The minimum Gasteiger partial charge on any atom is -0.432 e. The molecule has 0 amide bonds. The Bertz CT molecular complexity index is 551. The third kappa shape index (κ3) is 4.03. The van der Waals surface area contributed by atoms with E-state index in [0.29, 0.717) is 5.75 Å². The van der Waals surface area contributed by atoms with Gasteiger partial charge < -0.3 is 10.1 Å². The standard InChI is InChI=1S/C15H14FNOS/c1-2-11-3-7-13(8-4-11)17-15(19)18-14-9-5-12(16)6-10-14/h3-10H,2H2,1H3,(H,17,19). The second kappa shape index (κ2) is 6.29. The summed E-state index contributed by atoms with van der Waals surface area (Å²) in [4.78, 5) is 0. The smallest absolute Gasteiger partial charge is 0.266 e. The van der Waals surface area contributed by atoms with Gasteiger partial charge in [-0.2, -0.15) is 0 Å². The SMILES string of the molecule is CCc1ccc(NC(=S)Oc2ccc(F)cc2)cc1. The van der Waals surface area contributed by atoms with Gasteiger partial charge in [0.1, 0.15) is 11.6 Å². The Balaban J connectivity index is 1.95. The monoisotopic (exact) mass is 275 g/mol. The van der Waals surface area contributed by atoms with E-state index in [2.05, 4.69) is 12.2 Å². The van der Waals surface area contributed by atoms with Gasteiger partial charge in [0.05, 0.1) is 0 Å². The van der Waals surface area contributed by atoms with Crippen LogP contribution in [0, 0.1) is 5.82 Å². The molecule has 2 aromatic carbocycles. The maximum absolute atomic E-state index is 12.7. The molecule has 0 bridgehead atoms. The highest BCUT2D eigenvalue weighted by molar-refractivity contribution is 7.80. The lowest BCUT2D eigenvalue weighted by atomic mass is 10.1. The maximum atomic E-state index is 12.7. The molecule has 0 aliphatic rings. The van der Waals surface area contributed by atoms with E-state index in [1.165, 1.54) is 29.8 Å². The Hall–Kier alpha value is -1.94. The molecular formula is C15H14FNOS. The molecule has 0 spiro atoms. The largest absolute Gasteiger partial charge is 0.432 e. The van der Waals surface area contributed by atoms with Gasteiger partial charge in [-0.25, -0.2) is 4.39 Å². The van der Waals surface area contributed by atoms with Crippen LogP contribution in [0.1, 0.15) is 12.5 Å². The third-order valence-electron chi connectivity index (χ3n) is 2.63. The highest BCUT2D eigenvalue weighted by atomic mass is 32.1. The quantitative estimate of drug-likeness (QED) is 0.850. The van der Waals surface area contributed by atoms with Gasteiger partial charge in [-0.05, 0) is 60.6 Å². The molecule has 0 atom stereocenters. The van der Waals surface area contributed by atoms with Crippen LogP contribution in [0.5, 0.6) is 5.75 Å². The second-order valence-corrected chi connectivity index (χ2v) is 4.39. The van der Waals surface area contributed by atoms with Crippen molar-refractivity contribution in [2.24, 2.45) is 0 Å². The zero-order chi connectivity index (χ0) is 13.7. The first-order valence-corrected chi connectivity index (χ1v) is 6.41. The van der Waals surface area contributed by atoms with E-state index in [4.69, 9.17) is 17.0 Å². The summed E-state index contributed by atoms with van der Waals surface area (Å²) < 4.78 is 18.1. The molecule has 0 heterocycles. The van der Waals surface area contributed by atoms with Crippen LogP contribution >= 0.6 is 12.2 Å². The van der Waals surface area contributed by atoms with E-state index in [9.17, 15) is 4.39 Å². The Kier molecular flexibility index (Phi) is 4.47. The molecule has 0 radical (unpaired) electrons. The molecule has 0 saturated carbocycles. The van der Waals surface area contributed by atoms with Crippen molar-refractivity contribution in [2.75, 3.05) is 5.32 Å². The van der Waals surface area contributed by atoms with Crippen molar-refractivity contribution in [3.63, 3.8) is 0 Å². The highest BCUT2D eigenvalue weighted by Crippen LogP contribution is 2.14. The summed E-state index contributed by atoms with van der Waals surface area (Å²) in [6, 6.07) is 13.7. The molecule has 0 saturated heterocycles. The number of nitrogens with one attached hydrogen (secondary N) is 1. The van der Waals surface area contributed by atoms with E-state index in [0.717, 1.165) is 12.1 Å².